The zero-order valence-corrected chi connectivity index (χ0v) is 32.6. The van der Waals surface area contributed by atoms with Gasteiger partial charge in [-0.1, -0.05) is 101 Å². The van der Waals surface area contributed by atoms with Gasteiger partial charge in [-0.15, -0.1) is 0 Å². The number of carbonyl (C=O) groups is 6. The molecule has 0 aliphatic heterocycles. The Morgan fingerprint density at radius 3 is 1.39 bits per heavy atom. The molecule has 49 heavy (non-hydrogen) atoms. The zero-order valence-electron chi connectivity index (χ0n) is 32.6. The van der Waals surface area contributed by atoms with Crippen molar-refractivity contribution in [2.24, 2.45) is 11.8 Å². The summed E-state index contributed by atoms with van der Waals surface area (Å²) in [4.78, 5) is 68.3. The van der Waals surface area contributed by atoms with Crippen LogP contribution in [0.25, 0.3) is 0 Å². The molecule has 276 valence electrons. The fourth-order valence-electron chi connectivity index (χ4n) is 3.87. The lowest BCUT2D eigenvalue weighted by Gasteiger charge is -2.12. The van der Waals surface area contributed by atoms with E-state index in [0.717, 1.165) is 17.7 Å². The van der Waals surface area contributed by atoms with Gasteiger partial charge in [-0.25, -0.2) is 0 Å². The molecule has 0 unspecified atom stereocenters. The summed E-state index contributed by atoms with van der Waals surface area (Å²) in [5, 5.41) is 8.26. The van der Waals surface area contributed by atoms with Gasteiger partial charge >= 0.3 is 0 Å². The average molecular weight is 684 g/mol. The van der Waals surface area contributed by atoms with Gasteiger partial charge in [0.05, 0.1) is 0 Å². The van der Waals surface area contributed by atoms with Gasteiger partial charge < -0.3 is 20.7 Å². The summed E-state index contributed by atoms with van der Waals surface area (Å²) in [6.07, 6.45) is 3.19. The molecule has 0 aliphatic rings. The zero-order chi connectivity index (χ0) is 38.5. The third-order valence-electron chi connectivity index (χ3n) is 6.15. The smallest absolute Gasteiger partial charge is 0.224 e. The highest BCUT2D eigenvalue weighted by Gasteiger charge is 2.13. The van der Waals surface area contributed by atoms with E-state index in [0.29, 0.717) is 61.4 Å². The second kappa shape index (κ2) is 30.0. The van der Waals surface area contributed by atoms with Crippen molar-refractivity contribution in [3.8, 4) is 0 Å². The van der Waals surface area contributed by atoms with Crippen LogP contribution < -0.4 is 16.0 Å². The molecule has 0 aromatic heterocycles. The van der Waals surface area contributed by atoms with E-state index in [4.69, 9.17) is 0 Å². The van der Waals surface area contributed by atoms with Gasteiger partial charge in [0.1, 0.15) is 11.6 Å². The van der Waals surface area contributed by atoms with E-state index in [1.807, 2.05) is 86.6 Å². The lowest BCUT2D eigenvalue weighted by Crippen LogP contribution is -2.14. The van der Waals surface area contributed by atoms with Crippen molar-refractivity contribution in [1.29, 1.82) is 0 Å². The summed E-state index contributed by atoms with van der Waals surface area (Å²) < 4.78 is 0. The average Bonchev–Trinajstić information content (AvgIpc) is 3.06. The molecular weight excluding hydrogens is 618 g/mol. The molecule has 0 heterocycles. The van der Waals surface area contributed by atoms with Crippen LogP contribution in [0, 0.1) is 11.8 Å². The molecule has 0 fully saturated rings. The normalized spacial score (nSPS) is 9.53. The van der Waals surface area contributed by atoms with E-state index >= 15 is 0 Å². The Balaban J connectivity index is -0.000000683. The number of ketones is 3. The van der Waals surface area contributed by atoms with Crippen molar-refractivity contribution in [1.82, 2.24) is 0 Å². The first-order valence-corrected chi connectivity index (χ1v) is 17.8. The molecule has 3 N–H and O–H groups in total. The number of Topliss-reactive ketones (excluding diaryl/α,β-unsaturated/α-hetero) is 3. The fourth-order valence-corrected chi connectivity index (χ4v) is 3.87. The summed E-state index contributed by atoms with van der Waals surface area (Å²) in [5.41, 5.74) is 3.17. The van der Waals surface area contributed by atoms with Crippen LogP contribution in [-0.4, -0.2) is 35.1 Å². The van der Waals surface area contributed by atoms with E-state index in [2.05, 4.69) is 16.0 Å². The van der Waals surface area contributed by atoms with E-state index in [-0.39, 0.29) is 41.0 Å². The predicted molar refractivity (Wildman–Crippen MR) is 205 cm³/mol. The molecule has 2 aromatic carbocycles. The first-order chi connectivity index (χ1) is 23.1. The molecule has 9 nitrogen and oxygen atoms in total. The molecular formula is C40H65N3O6. The van der Waals surface area contributed by atoms with Crippen LogP contribution in [0.4, 0.5) is 17.1 Å². The molecule has 0 spiro atoms. The monoisotopic (exact) mass is 683 g/mol. The van der Waals surface area contributed by atoms with Crippen molar-refractivity contribution < 1.29 is 28.8 Å². The second-order valence-corrected chi connectivity index (χ2v) is 11.6. The van der Waals surface area contributed by atoms with Crippen molar-refractivity contribution in [2.75, 3.05) is 16.0 Å². The summed E-state index contributed by atoms with van der Waals surface area (Å²) in [6, 6.07) is 12.4. The third kappa shape index (κ3) is 25.5. The maximum atomic E-state index is 12.2. The van der Waals surface area contributed by atoms with Gasteiger partial charge in [-0.05, 0) is 48.6 Å². The first kappa shape index (κ1) is 49.2. The van der Waals surface area contributed by atoms with Gasteiger partial charge in [-0.2, -0.15) is 0 Å². The maximum absolute atomic E-state index is 12.2. The lowest BCUT2D eigenvalue weighted by atomic mass is 10.00. The Hall–Kier alpha value is -4.14. The number of nitrogens with one attached hydrogen (secondary N) is 3. The van der Waals surface area contributed by atoms with Crippen LogP contribution in [0.1, 0.15) is 144 Å². The summed E-state index contributed by atoms with van der Waals surface area (Å²) in [5.74, 6) is 0.925. The molecule has 9 heteroatoms. The number of hydrogen-bond acceptors (Lipinski definition) is 6. The number of para-hydroxylation sites is 1. The van der Waals surface area contributed by atoms with Crippen LogP contribution in [0.3, 0.4) is 0 Å². The highest BCUT2D eigenvalue weighted by molar-refractivity contribution is 6.01. The van der Waals surface area contributed by atoms with Crippen molar-refractivity contribution >= 4 is 52.1 Å². The van der Waals surface area contributed by atoms with Crippen LogP contribution in [0.2, 0.25) is 0 Å². The molecule has 0 aliphatic carbocycles. The molecule has 2 aromatic rings. The van der Waals surface area contributed by atoms with Gasteiger partial charge in [-0.3, -0.25) is 24.0 Å². The van der Waals surface area contributed by atoms with E-state index in [9.17, 15) is 28.8 Å². The number of carbonyl (C=O) groups excluding carboxylic acids is 6. The van der Waals surface area contributed by atoms with Crippen LogP contribution >= 0.6 is 0 Å². The van der Waals surface area contributed by atoms with E-state index in [1.165, 1.54) is 0 Å². The fraction of sp³-hybridized carbons (Fsp3) is 0.550. The highest BCUT2D eigenvalue weighted by Crippen LogP contribution is 2.22. The van der Waals surface area contributed by atoms with E-state index < -0.39 is 0 Å². The summed E-state index contributed by atoms with van der Waals surface area (Å²) in [6.45, 7) is 24.8. The summed E-state index contributed by atoms with van der Waals surface area (Å²) >= 11 is 0. The Morgan fingerprint density at radius 1 is 0.592 bits per heavy atom. The van der Waals surface area contributed by atoms with Crippen LogP contribution in [0.5, 0.6) is 0 Å². The third-order valence-corrected chi connectivity index (χ3v) is 6.15. The minimum atomic E-state index is -0.138. The number of anilines is 3. The SMILES string of the molecule is CC.CC.CC(=O)CC(C)C.CCC(=O)Cc1ccccc1NC(=O)CC.CCC(=O)Nc1cc(NC(=O)CC)cc(C(=O)CC(C)C)c1. The molecule has 0 atom stereocenters. The number of hydrogen-bond donors (Lipinski definition) is 3. The highest BCUT2D eigenvalue weighted by atomic mass is 16.2. The van der Waals surface area contributed by atoms with Gasteiger partial charge in [0.15, 0.2) is 5.78 Å². The Kier molecular flexibility index (Phi) is 30.1. The number of benzene rings is 2. The minimum absolute atomic E-state index is 0.00500. The number of amides is 3. The largest absolute Gasteiger partial charge is 0.326 e. The minimum Gasteiger partial charge on any atom is -0.326 e. The topological polar surface area (TPSA) is 139 Å². The predicted octanol–water partition coefficient (Wildman–Crippen LogP) is 9.84. The maximum Gasteiger partial charge on any atom is 0.224 e. The quantitative estimate of drug-likeness (QED) is 0.169. The first-order valence-electron chi connectivity index (χ1n) is 17.8. The second-order valence-electron chi connectivity index (χ2n) is 11.6. The van der Waals surface area contributed by atoms with Crippen LogP contribution in [0.15, 0.2) is 42.5 Å². The summed E-state index contributed by atoms with van der Waals surface area (Å²) in [7, 11) is 0. The molecule has 0 saturated heterocycles. The molecule has 0 bridgehead atoms. The van der Waals surface area contributed by atoms with Crippen molar-refractivity contribution in [3.05, 3.63) is 53.6 Å². The lowest BCUT2D eigenvalue weighted by molar-refractivity contribution is -0.118. The van der Waals surface area contributed by atoms with Gasteiger partial charge in [0, 0.05) is 67.6 Å². The number of rotatable bonds is 14. The van der Waals surface area contributed by atoms with Crippen LogP contribution in [-0.2, 0) is 30.4 Å². The standard InChI is InChI=1S/C17H24N2O3.C13H17NO2.C6H12O.2C2H6/c1-5-16(21)18-13-8-12(15(20)7-11(3)4)9-14(10-13)19-17(22)6-2;1-3-11(15)9-10-7-5-6-8-12(10)14-13(16)4-2;1-5(2)4-6(3)7;2*1-2/h8-11H,5-7H2,1-4H3,(H,18,21)(H,19,22);5-8H,3-4,9H2,1-2H3,(H,14,16);5H,4H2,1-3H3;2*1-2H3. The Bertz CT molecular complexity index is 1210. The Labute approximate surface area is 296 Å². The molecule has 0 saturated carbocycles. The van der Waals surface area contributed by atoms with Gasteiger partial charge in [0.2, 0.25) is 17.7 Å². The molecule has 0 radical (unpaired) electrons. The molecule has 3 amide bonds. The van der Waals surface area contributed by atoms with Crippen molar-refractivity contribution in [2.45, 2.75) is 135 Å². The van der Waals surface area contributed by atoms with Crippen molar-refractivity contribution in [3.63, 3.8) is 0 Å². The molecule has 2 rings (SSSR count). The van der Waals surface area contributed by atoms with E-state index in [1.54, 1.807) is 45.9 Å². The van der Waals surface area contributed by atoms with Gasteiger partial charge in [0.25, 0.3) is 0 Å². The Morgan fingerprint density at radius 2 is 1.02 bits per heavy atom.